The van der Waals surface area contributed by atoms with Crippen molar-refractivity contribution in [3.05, 3.63) is 30.2 Å². The molecule has 0 spiro atoms. The van der Waals surface area contributed by atoms with Gasteiger partial charge in [0.2, 0.25) is 11.7 Å². The van der Waals surface area contributed by atoms with Crippen LogP contribution in [0.15, 0.2) is 28.8 Å². The van der Waals surface area contributed by atoms with E-state index in [-0.39, 0.29) is 17.5 Å². The number of urea groups is 1. The van der Waals surface area contributed by atoms with Crippen molar-refractivity contribution in [3.8, 4) is 17.1 Å². The van der Waals surface area contributed by atoms with E-state index in [9.17, 15) is 4.79 Å². The summed E-state index contributed by atoms with van der Waals surface area (Å²) in [5.41, 5.74) is 0.943. The summed E-state index contributed by atoms with van der Waals surface area (Å²) in [5, 5.41) is 7.70. The molecule has 4 saturated carbocycles. The standard InChI is InChI=1S/C25H32N4O3/c1-31-21-6-4-19(5-7-21)22-26-23(32-28-22)20-3-2-8-29(15-20)24(30)27-25-12-16-9-17(13-25)11-18(10-16)14-25/h4-7,16-18,20H,2-3,8-15H2,1H3,(H,27,30)/t16?,17?,18?,20-,25?/m0/s1. The minimum Gasteiger partial charge on any atom is -0.497 e. The first-order chi connectivity index (χ1) is 15.6. The van der Waals surface area contributed by atoms with E-state index in [4.69, 9.17) is 9.26 Å². The lowest BCUT2D eigenvalue weighted by atomic mass is 9.53. The number of ether oxygens (including phenoxy) is 1. The highest BCUT2D eigenvalue weighted by atomic mass is 16.5. The molecule has 1 atom stereocenters. The smallest absolute Gasteiger partial charge is 0.317 e. The number of piperidine rings is 1. The molecule has 5 aliphatic rings. The lowest BCUT2D eigenvalue weighted by Crippen LogP contribution is -2.62. The molecule has 1 aromatic heterocycles. The van der Waals surface area contributed by atoms with E-state index in [0.717, 1.165) is 48.5 Å². The van der Waals surface area contributed by atoms with Gasteiger partial charge in [-0.2, -0.15) is 4.98 Å². The number of nitrogens with zero attached hydrogens (tertiary/aromatic N) is 3. The second-order valence-corrected chi connectivity index (χ2v) is 10.6. The van der Waals surface area contributed by atoms with E-state index in [2.05, 4.69) is 15.5 Å². The van der Waals surface area contributed by atoms with Crippen LogP contribution in [0.25, 0.3) is 11.4 Å². The van der Waals surface area contributed by atoms with Crippen LogP contribution in [-0.2, 0) is 0 Å². The summed E-state index contributed by atoms with van der Waals surface area (Å²) < 4.78 is 10.8. The van der Waals surface area contributed by atoms with Gasteiger partial charge in [0.1, 0.15) is 5.75 Å². The molecule has 0 unspecified atom stereocenters. The van der Waals surface area contributed by atoms with Crippen LogP contribution in [0.5, 0.6) is 5.75 Å². The zero-order valence-electron chi connectivity index (χ0n) is 18.8. The van der Waals surface area contributed by atoms with Crippen LogP contribution in [0.2, 0.25) is 0 Å². The fraction of sp³-hybridized carbons (Fsp3) is 0.640. The molecule has 32 heavy (non-hydrogen) atoms. The molecular weight excluding hydrogens is 404 g/mol. The van der Waals surface area contributed by atoms with Crippen LogP contribution >= 0.6 is 0 Å². The number of methoxy groups -OCH3 is 1. The molecular formula is C25H32N4O3. The summed E-state index contributed by atoms with van der Waals surface area (Å²) in [6, 6.07) is 7.75. The first-order valence-corrected chi connectivity index (χ1v) is 12.1. The Bertz CT molecular complexity index is 950. The number of nitrogens with one attached hydrogen (secondary N) is 1. The van der Waals surface area contributed by atoms with Crippen molar-refractivity contribution in [1.82, 2.24) is 20.4 Å². The van der Waals surface area contributed by atoms with Gasteiger partial charge in [0.25, 0.3) is 0 Å². The number of benzene rings is 1. The molecule has 1 N–H and O–H groups in total. The Balaban J connectivity index is 1.12. The second-order valence-electron chi connectivity index (χ2n) is 10.6. The number of amides is 2. The van der Waals surface area contributed by atoms with Crippen molar-refractivity contribution in [1.29, 1.82) is 0 Å². The molecule has 1 aliphatic heterocycles. The molecule has 4 bridgehead atoms. The fourth-order valence-electron chi connectivity index (χ4n) is 7.19. The average Bonchev–Trinajstić information content (AvgIpc) is 3.28. The number of hydrogen-bond acceptors (Lipinski definition) is 5. The average molecular weight is 437 g/mol. The lowest BCUT2D eigenvalue weighted by Gasteiger charge is -2.57. The Morgan fingerprint density at radius 2 is 1.81 bits per heavy atom. The second kappa shape index (κ2) is 7.78. The van der Waals surface area contributed by atoms with Crippen molar-refractivity contribution < 1.29 is 14.1 Å². The summed E-state index contributed by atoms with van der Waals surface area (Å²) in [6.07, 6.45) is 9.60. The molecule has 2 amide bonds. The SMILES string of the molecule is COc1ccc(-c2noc([C@H]3CCCN(C(=O)NC45CC6CC(CC(C6)C4)C5)C3)n2)cc1. The number of aromatic nitrogens is 2. The predicted octanol–water partition coefficient (Wildman–Crippen LogP) is 4.60. The van der Waals surface area contributed by atoms with Crippen LogP contribution in [-0.4, -0.2) is 46.8 Å². The largest absolute Gasteiger partial charge is 0.497 e. The molecule has 170 valence electrons. The summed E-state index contributed by atoms with van der Waals surface area (Å²) in [4.78, 5) is 19.9. The molecule has 7 nitrogen and oxygen atoms in total. The predicted molar refractivity (Wildman–Crippen MR) is 119 cm³/mol. The number of likely N-dealkylation sites (tertiary alicyclic amines) is 1. The van der Waals surface area contributed by atoms with Gasteiger partial charge >= 0.3 is 6.03 Å². The van der Waals surface area contributed by atoms with Gasteiger partial charge in [0.05, 0.1) is 13.0 Å². The third kappa shape index (κ3) is 3.65. The Kier molecular flexibility index (Phi) is 4.88. The van der Waals surface area contributed by atoms with Crippen molar-refractivity contribution in [2.75, 3.05) is 20.2 Å². The quantitative estimate of drug-likeness (QED) is 0.757. The number of carbonyl (C=O) groups excluding carboxylic acids is 1. The van der Waals surface area contributed by atoms with Gasteiger partial charge in [-0.1, -0.05) is 5.16 Å². The molecule has 0 radical (unpaired) electrons. The zero-order chi connectivity index (χ0) is 21.7. The molecule has 2 heterocycles. The number of hydrogen-bond donors (Lipinski definition) is 1. The third-order valence-corrected chi connectivity index (χ3v) is 8.26. The summed E-state index contributed by atoms with van der Waals surface area (Å²) in [6.45, 7) is 1.44. The maximum absolute atomic E-state index is 13.3. The minimum atomic E-state index is 0.0464. The van der Waals surface area contributed by atoms with Crippen LogP contribution in [0.1, 0.15) is 63.2 Å². The van der Waals surface area contributed by atoms with Crippen LogP contribution in [0.3, 0.4) is 0 Å². The normalized spacial score (nSPS) is 33.3. The van der Waals surface area contributed by atoms with E-state index in [1.807, 2.05) is 29.2 Å². The Morgan fingerprint density at radius 3 is 2.47 bits per heavy atom. The highest BCUT2D eigenvalue weighted by Gasteiger charge is 2.52. The van der Waals surface area contributed by atoms with Crippen molar-refractivity contribution >= 4 is 6.03 Å². The van der Waals surface area contributed by atoms with Crippen molar-refractivity contribution in [2.45, 2.75) is 62.8 Å². The van der Waals surface area contributed by atoms with Gasteiger partial charge in [-0.3, -0.25) is 0 Å². The zero-order valence-corrected chi connectivity index (χ0v) is 18.8. The molecule has 7 rings (SSSR count). The third-order valence-electron chi connectivity index (χ3n) is 8.26. The monoisotopic (exact) mass is 436 g/mol. The lowest BCUT2D eigenvalue weighted by molar-refractivity contribution is -0.0161. The highest BCUT2D eigenvalue weighted by Crippen LogP contribution is 2.55. The molecule has 1 saturated heterocycles. The topological polar surface area (TPSA) is 80.5 Å². The molecule has 2 aromatic rings. The number of carbonyl (C=O) groups is 1. The van der Waals surface area contributed by atoms with Gasteiger partial charge in [0, 0.05) is 24.2 Å². The maximum atomic E-state index is 13.3. The number of rotatable bonds is 4. The van der Waals surface area contributed by atoms with Gasteiger partial charge < -0.3 is 19.5 Å². The Hall–Kier alpha value is -2.57. The summed E-state index contributed by atoms with van der Waals surface area (Å²) in [7, 11) is 1.65. The molecule has 1 aromatic carbocycles. The maximum Gasteiger partial charge on any atom is 0.317 e. The van der Waals surface area contributed by atoms with E-state index >= 15 is 0 Å². The Morgan fingerprint density at radius 1 is 1.12 bits per heavy atom. The van der Waals surface area contributed by atoms with Crippen LogP contribution < -0.4 is 10.1 Å². The summed E-state index contributed by atoms with van der Waals surface area (Å²) >= 11 is 0. The summed E-state index contributed by atoms with van der Waals surface area (Å²) in [5.74, 6) is 4.57. The van der Waals surface area contributed by atoms with Crippen molar-refractivity contribution in [3.63, 3.8) is 0 Å². The van der Waals surface area contributed by atoms with E-state index in [1.165, 1.54) is 38.5 Å². The first kappa shape index (κ1) is 20.1. The van der Waals surface area contributed by atoms with E-state index < -0.39 is 0 Å². The minimum absolute atomic E-state index is 0.0464. The van der Waals surface area contributed by atoms with Gasteiger partial charge in [-0.15, -0.1) is 0 Å². The molecule has 5 fully saturated rings. The molecule has 4 aliphatic carbocycles. The van der Waals surface area contributed by atoms with Crippen LogP contribution in [0, 0.1) is 17.8 Å². The van der Waals surface area contributed by atoms with Gasteiger partial charge in [-0.05, 0) is 93.4 Å². The van der Waals surface area contributed by atoms with Gasteiger partial charge in [-0.25, -0.2) is 4.79 Å². The van der Waals surface area contributed by atoms with Crippen LogP contribution in [0.4, 0.5) is 4.79 Å². The fourth-order valence-corrected chi connectivity index (χ4v) is 7.19. The first-order valence-electron chi connectivity index (χ1n) is 12.1. The Labute approximate surface area is 188 Å². The van der Waals surface area contributed by atoms with Crippen molar-refractivity contribution in [2.24, 2.45) is 17.8 Å². The van der Waals surface area contributed by atoms with Gasteiger partial charge in [0.15, 0.2) is 0 Å². The van der Waals surface area contributed by atoms with E-state index in [0.29, 0.717) is 18.3 Å². The molecule has 7 heteroatoms. The highest BCUT2D eigenvalue weighted by molar-refractivity contribution is 5.75. The van der Waals surface area contributed by atoms with E-state index in [1.54, 1.807) is 7.11 Å².